The molecule has 21 heavy (non-hydrogen) atoms. The van der Waals surface area contributed by atoms with Crippen LogP contribution < -0.4 is 5.73 Å². The Kier molecular flexibility index (Phi) is 7.41. The summed E-state index contributed by atoms with van der Waals surface area (Å²) in [5.41, 5.74) is 7.44. The number of allylic oxidation sites excluding steroid dienone is 3. The summed E-state index contributed by atoms with van der Waals surface area (Å²) in [6.45, 7) is 5.59. The van der Waals surface area contributed by atoms with Gasteiger partial charge in [-0.3, -0.25) is 9.59 Å². The van der Waals surface area contributed by atoms with Crippen molar-refractivity contribution in [3.8, 4) is 0 Å². The van der Waals surface area contributed by atoms with Crippen LogP contribution in [0.2, 0.25) is 0 Å². The van der Waals surface area contributed by atoms with E-state index in [-0.39, 0.29) is 17.3 Å². The third kappa shape index (κ3) is 4.83. The van der Waals surface area contributed by atoms with Gasteiger partial charge in [-0.2, -0.15) is 0 Å². The minimum atomic E-state index is -0.165. The summed E-state index contributed by atoms with van der Waals surface area (Å²) >= 11 is 0. The molecule has 0 unspecified atom stereocenters. The summed E-state index contributed by atoms with van der Waals surface area (Å²) in [4.78, 5) is 24.1. The third-order valence-corrected chi connectivity index (χ3v) is 4.34. The van der Waals surface area contributed by atoms with Crippen molar-refractivity contribution in [2.45, 2.75) is 78.6 Å². The molecule has 118 valence electrons. The molecule has 0 heterocycles. The van der Waals surface area contributed by atoms with Crippen LogP contribution in [0.15, 0.2) is 22.4 Å². The Morgan fingerprint density at radius 2 is 1.29 bits per heavy atom. The predicted octanol–water partition coefficient (Wildman–Crippen LogP) is 4.22. The van der Waals surface area contributed by atoms with Gasteiger partial charge in [0, 0.05) is 16.7 Å². The van der Waals surface area contributed by atoms with E-state index in [0.29, 0.717) is 23.1 Å². The van der Waals surface area contributed by atoms with E-state index >= 15 is 0 Å². The molecule has 0 saturated carbocycles. The summed E-state index contributed by atoms with van der Waals surface area (Å²) in [5.74, 6) is -0.200. The lowest BCUT2D eigenvalue weighted by molar-refractivity contribution is -0.116. The number of unbranched alkanes of at least 4 members (excludes halogenated alkanes) is 7. The van der Waals surface area contributed by atoms with Gasteiger partial charge in [0.1, 0.15) is 0 Å². The van der Waals surface area contributed by atoms with Gasteiger partial charge in [-0.1, -0.05) is 51.9 Å². The lowest BCUT2D eigenvalue weighted by atomic mass is 9.86. The van der Waals surface area contributed by atoms with Gasteiger partial charge in [0.05, 0.1) is 5.70 Å². The number of hydrogen-bond acceptors (Lipinski definition) is 3. The van der Waals surface area contributed by atoms with Crippen molar-refractivity contribution in [1.29, 1.82) is 0 Å². The normalized spacial score (nSPS) is 16.1. The van der Waals surface area contributed by atoms with Crippen LogP contribution in [0.3, 0.4) is 0 Å². The summed E-state index contributed by atoms with van der Waals surface area (Å²) < 4.78 is 0. The predicted molar refractivity (Wildman–Crippen MR) is 86.8 cm³/mol. The van der Waals surface area contributed by atoms with Crippen molar-refractivity contribution in [3.63, 3.8) is 0 Å². The van der Waals surface area contributed by atoms with Gasteiger partial charge in [-0.25, -0.2) is 0 Å². The number of Topliss-reactive ketones (excluding diaryl/α,β-unsaturated/α-hetero) is 2. The van der Waals surface area contributed by atoms with Gasteiger partial charge in [-0.05, 0) is 26.7 Å². The molecule has 0 bridgehead atoms. The van der Waals surface area contributed by atoms with Crippen LogP contribution in [0.25, 0.3) is 0 Å². The molecule has 1 rings (SSSR count). The average Bonchev–Trinajstić information content (AvgIpc) is 2.49. The SMILES string of the molecule is CCCCCCCCCCC1=C(C)C(=O)C(N)=C(C)C1=O. The van der Waals surface area contributed by atoms with Gasteiger partial charge in [-0.15, -0.1) is 0 Å². The zero-order valence-corrected chi connectivity index (χ0v) is 13.8. The minimum Gasteiger partial charge on any atom is -0.395 e. The smallest absolute Gasteiger partial charge is 0.205 e. The first kappa shape index (κ1) is 17.7. The number of carbonyl (C=O) groups is 2. The highest BCUT2D eigenvalue weighted by Gasteiger charge is 2.27. The van der Waals surface area contributed by atoms with Crippen LogP contribution in [0.1, 0.15) is 78.6 Å². The molecule has 0 atom stereocenters. The molecule has 0 aromatic heterocycles. The Labute approximate surface area is 128 Å². The topological polar surface area (TPSA) is 60.2 Å². The van der Waals surface area contributed by atoms with Crippen LogP contribution in [0.5, 0.6) is 0 Å². The lowest BCUT2D eigenvalue weighted by Crippen LogP contribution is -2.26. The van der Waals surface area contributed by atoms with Crippen LogP contribution in [-0.4, -0.2) is 11.6 Å². The first-order valence-electron chi connectivity index (χ1n) is 8.26. The molecule has 3 heteroatoms. The summed E-state index contributed by atoms with van der Waals surface area (Å²) in [5, 5.41) is 0. The fourth-order valence-electron chi connectivity index (χ4n) is 2.76. The van der Waals surface area contributed by atoms with Gasteiger partial charge >= 0.3 is 0 Å². The number of nitrogens with two attached hydrogens (primary N) is 1. The van der Waals surface area contributed by atoms with Gasteiger partial charge in [0.2, 0.25) is 5.78 Å². The molecule has 0 radical (unpaired) electrons. The second kappa shape index (κ2) is 8.81. The Morgan fingerprint density at radius 3 is 1.86 bits per heavy atom. The Bertz CT molecular complexity index is 458. The highest BCUT2D eigenvalue weighted by Crippen LogP contribution is 2.26. The molecule has 0 fully saturated rings. The number of rotatable bonds is 9. The molecule has 0 aliphatic heterocycles. The van der Waals surface area contributed by atoms with E-state index in [1.807, 2.05) is 0 Å². The standard InChI is InChI=1S/C18H29NO2/c1-4-5-6-7-8-9-10-11-12-15-13(2)18(21)16(19)14(3)17(15)20/h4-12,19H2,1-3H3. The lowest BCUT2D eigenvalue weighted by Gasteiger charge is -2.18. The van der Waals surface area contributed by atoms with Crippen molar-refractivity contribution in [3.05, 3.63) is 22.4 Å². The Balaban J connectivity index is 2.35. The fraction of sp³-hybridized carbons (Fsp3) is 0.667. The molecule has 1 aliphatic rings. The number of carbonyl (C=O) groups excluding carboxylic acids is 2. The van der Waals surface area contributed by atoms with E-state index in [1.165, 1.54) is 38.5 Å². The van der Waals surface area contributed by atoms with Crippen molar-refractivity contribution in [1.82, 2.24) is 0 Å². The largest absolute Gasteiger partial charge is 0.395 e. The van der Waals surface area contributed by atoms with Crippen molar-refractivity contribution in [2.24, 2.45) is 5.73 Å². The second-order valence-electron chi connectivity index (χ2n) is 6.03. The van der Waals surface area contributed by atoms with E-state index in [0.717, 1.165) is 12.8 Å². The van der Waals surface area contributed by atoms with E-state index in [4.69, 9.17) is 5.73 Å². The first-order chi connectivity index (χ1) is 10.0. The number of hydrogen-bond donors (Lipinski definition) is 1. The Hall–Kier alpha value is -1.38. The summed E-state index contributed by atoms with van der Waals surface area (Å²) in [6, 6.07) is 0. The molecule has 0 aromatic carbocycles. The Morgan fingerprint density at radius 1 is 0.762 bits per heavy atom. The van der Waals surface area contributed by atoms with Gasteiger partial charge in [0.25, 0.3) is 0 Å². The molecule has 1 aliphatic carbocycles. The minimum absolute atomic E-state index is 0.0347. The molecular weight excluding hydrogens is 262 g/mol. The molecule has 0 saturated heterocycles. The van der Waals surface area contributed by atoms with Gasteiger partial charge in [0.15, 0.2) is 5.78 Å². The van der Waals surface area contributed by atoms with E-state index in [9.17, 15) is 9.59 Å². The van der Waals surface area contributed by atoms with Crippen molar-refractivity contribution in [2.75, 3.05) is 0 Å². The maximum atomic E-state index is 12.2. The molecule has 0 amide bonds. The summed E-state index contributed by atoms with van der Waals surface area (Å²) in [7, 11) is 0. The monoisotopic (exact) mass is 291 g/mol. The highest BCUT2D eigenvalue weighted by molar-refractivity contribution is 6.24. The van der Waals surface area contributed by atoms with Crippen molar-refractivity contribution < 1.29 is 9.59 Å². The molecule has 0 aromatic rings. The van der Waals surface area contributed by atoms with Crippen molar-refractivity contribution >= 4 is 11.6 Å². The summed E-state index contributed by atoms with van der Waals surface area (Å²) in [6.07, 6.45) is 10.6. The van der Waals surface area contributed by atoms with Crippen LogP contribution >= 0.6 is 0 Å². The zero-order valence-electron chi connectivity index (χ0n) is 13.8. The van der Waals surface area contributed by atoms with E-state index in [2.05, 4.69) is 6.92 Å². The first-order valence-corrected chi connectivity index (χ1v) is 8.26. The molecular formula is C18H29NO2. The number of ketones is 2. The highest BCUT2D eigenvalue weighted by atomic mass is 16.1. The molecule has 0 spiro atoms. The van der Waals surface area contributed by atoms with Crippen LogP contribution in [-0.2, 0) is 9.59 Å². The third-order valence-electron chi connectivity index (χ3n) is 4.34. The van der Waals surface area contributed by atoms with Crippen LogP contribution in [0.4, 0.5) is 0 Å². The van der Waals surface area contributed by atoms with E-state index in [1.54, 1.807) is 13.8 Å². The quantitative estimate of drug-likeness (QED) is 0.511. The molecule has 3 nitrogen and oxygen atoms in total. The van der Waals surface area contributed by atoms with E-state index < -0.39 is 0 Å². The van der Waals surface area contributed by atoms with Gasteiger partial charge < -0.3 is 5.73 Å². The zero-order chi connectivity index (χ0) is 15.8. The maximum Gasteiger partial charge on any atom is 0.205 e. The fourth-order valence-corrected chi connectivity index (χ4v) is 2.76. The van der Waals surface area contributed by atoms with Crippen LogP contribution in [0, 0.1) is 0 Å². The average molecular weight is 291 g/mol. The molecule has 2 N–H and O–H groups in total. The second-order valence-corrected chi connectivity index (χ2v) is 6.03. The maximum absolute atomic E-state index is 12.2.